The van der Waals surface area contributed by atoms with Crippen molar-refractivity contribution in [3.05, 3.63) is 35.1 Å². The minimum atomic E-state index is -0.340. The number of fused-ring (bicyclic) bond motifs is 1. The van der Waals surface area contributed by atoms with Gasteiger partial charge in [0.15, 0.2) is 5.13 Å². The maximum atomic E-state index is 12.1. The fourth-order valence-electron chi connectivity index (χ4n) is 1.84. The number of aromatic nitrogens is 3. The second-order valence-corrected chi connectivity index (χ2v) is 5.62. The molecule has 2 heterocycles. The van der Waals surface area contributed by atoms with E-state index in [-0.39, 0.29) is 5.91 Å². The van der Waals surface area contributed by atoms with Crippen LogP contribution >= 0.6 is 22.9 Å². The first kappa shape index (κ1) is 12.9. The van der Waals surface area contributed by atoms with Gasteiger partial charge in [0.1, 0.15) is 5.69 Å². The number of rotatable bonds is 2. The van der Waals surface area contributed by atoms with Crippen LogP contribution in [0, 0.1) is 0 Å². The number of carbonyl (C=O) groups excluding carboxylic acids is 1. The van der Waals surface area contributed by atoms with Crippen molar-refractivity contribution in [3.8, 4) is 0 Å². The monoisotopic (exact) mass is 307 g/mol. The van der Waals surface area contributed by atoms with E-state index in [1.807, 2.05) is 12.1 Å². The predicted octanol–water partition coefficient (Wildman–Crippen LogP) is 2.52. The molecule has 0 aliphatic carbocycles. The number of halogens is 1. The van der Waals surface area contributed by atoms with Crippen LogP contribution in [0.1, 0.15) is 10.5 Å². The fraction of sp³-hybridized carbons (Fsp3) is 0.0833. The topological polar surface area (TPSA) is 85.8 Å². The van der Waals surface area contributed by atoms with Crippen molar-refractivity contribution in [1.82, 2.24) is 14.8 Å². The van der Waals surface area contributed by atoms with Gasteiger partial charge in [0, 0.05) is 12.1 Å². The van der Waals surface area contributed by atoms with E-state index in [1.54, 1.807) is 13.1 Å². The number of hydrogen-bond acceptors (Lipinski definition) is 5. The maximum Gasteiger partial charge on any atom is 0.277 e. The van der Waals surface area contributed by atoms with Crippen LogP contribution in [0.5, 0.6) is 0 Å². The van der Waals surface area contributed by atoms with Crippen LogP contribution in [-0.4, -0.2) is 20.7 Å². The van der Waals surface area contributed by atoms with E-state index in [9.17, 15) is 4.79 Å². The molecule has 0 bridgehead atoms. The molecule has 0 spiro atoms. The van der Waals surface area contributed by atoms with Crippen LogP contribution < -0.4 is 11.1 Å². The van der Waals surface area contributed by atoms with E-state index in [2.05, 4.69) is 15.4 Å². The molecule has 1 amide bonds. The first-order chi connectivity index (χ1) is 9.54. The Hall–Kier alpha value is -2.12. The van der Waals surface area contributed by atoms with E-state index in [4.69, 9.17) is 17.3 Å². The molecule has 20 heavy (non-hydrogen) atoms. The third-order valence-corrected chi connectivity index (χ3v) is 3.92. The van der Waals surface area contributed by atoms with Crippen molar-refractivity contribution in [2.24, 2.45) is 7.05 Å². The van der Waals surface area contributed by atoms with Gasteiger partial charge >= 0.3 is 0 Å². The highest BCUT2D eigenvalue weighted by atomic mass is 35.5. The molecule has 3 rings (SSSR count). The van der Waals surface area contributed by atoms with Crippen molar-refractivity contribution in [1.29, 1.82) is 0 Å². The molecule has 6 nitrogen and oxygen atoms in total. The molecule has 0 saturated heterocycles. The first-order valence-corrected chi connectivity index (χ1v) is 6.89. The molecule has 0 aliphatic heterocycles. The molecule has 3 aromatic rings. The summed E-state index contributed by atoms with van der Waals surface area (Å²) in [5.74, 6) is -0.340. The van der Waals surface area contributed by atoms with Gasteiger partial charge in [-0.2, -0.15) is 5.10 Å². The summed E-state index contributed by atoms with van der Waals surface area (Å²) >= 11 is 7.27. The van der Waals surface area contributed by atoms with Gasteiger partial charge in [-0.05, 0) is 18.2 Å². The minimum Gasteiger partial charge on any atom is -0.396 e. The number of nitrogens with zero attached hydrogens (tertiary/aromatic N) is 3. The lowest BCUT2D eigenvalue weighted by Crippen LogP contribution is -2.17. The summed E-state index contributed by atoms with van der Waals surface area (Å²) in [6.07, 6.45) is 1.44. The Kier molecular flexibility index (Phi) is 3.07. The van der Waals surface area contributed by atoms with Gasteiger partial charge in [0.25, 0.3) is 5.91 Å². The molecule has 0 unspecified atom stereocenters. The van der Waals surface area contributed by atoms with E-state index in [0.29, 0.717) is 21.5 Å². The van der Waals surface area contributed by atoms with Crippen LogP contribution in [0.2, 0.25) is 5.02 Å². The van der Waals surface area contributed by atoms with Gasteiger partial charge < -0.3 is 5.73 Å². The van der Waals surface area contributed by atoms with E-state index < -0.39 is 0 Å². The largest absolute Gasteiger partial charge is 0.396 e. The Morgan fingerprint density at radius 1 is 1.50 bits per heavy atom. The lowest BCUT2D eigenvalue weighted by Gasteiger charge is -2.02. The average molecular weight is 308 g/mol. The van der Waals surface area contributed by atoms with Gasteiger partial charge in [0.2, 0.25) is 0 Å². The summed E-state index contributed by atoms with van der Waals surface area (Å²) in [7, 11) is 1.66. The third-order valence-electron chi connectivity index (χ3n) is 2.75. The molecule has 0 atom stereocenters. The van der Waals surface area contributed by atoms with E-state index in [0.717, 1.165) is 10.2 Å². The van der Waals surface area contributed by atoms with Crippen molar-refractivity contribution in [2.45, 2.75) is 0 Å². The number of nitrogens with one attached hydrogen (secondary N) is 1. The van der Waals surface area contributed by atoms with Gasteiger partial charge in [0.05, 0.1) is 22.1 Å². The zero-order valence-corrected chi connectivity index (χ0v) is 12.0. The molecule has 0 saturated carbocycles. The van der Waals surface area contributed by atoms with Gasteiger partial charge in [-0.15, -0.1) is 0 Å². The molecule has 2 aromatic heterocycles. The average Bonchev–Trinajstić information content (AvgIpc) is 2.92. The molecule has 0 radical (unpaired) electrons. The highest BCUT2D eigenvalue weighted by Gasteiger charge is 2.16. The summed E-state index contributed by atoms with van der Waals surface area (Å²) in [6, 6.07) is 5.37. The molecule has 0 aliphatic rings. The summed E-state index contributed by atoms with van der Waals surface area (Å²) in [6.45, 7) is 0. The Bertz CT molecular complexity index is 790. The molecule has 8 heteroatoms. The van der Waals surface area contributed by atoms with Crippen LogP contribution in [0.25, 0.3) is 10.2 Å². The number of aryl methyl sites for hydroxylation is 1. The quantitative estimate of drug-likeness (QED) is 0.761. The number of amides is 1. The number of carbonyl (C=O) groups is 1. The number of anilines is 2. The highest BCUT2D eigenvalue weighted by molar-refractivity contribution is 7.22. The lowest BCUT2D eigenvalue weighted by molar-refractivity contribution is 0.101. The van der Waals surface area contributed by atoms with Crippen LogP contribution in [0.4, 0.5) is 10.8 Å². The maximum absolute atomic E-state index is 12.1. The number of thiazole rings is 1. The fourth-order valence-corrected chi connectivity index (χ4v) is 2.98. The zero-order chi connectivity index (χ0) is 14.3. The third kappa shape index (κ3) is 2.21. The van der Waals surface area contributed by atoms with Crippen molar-refractivity contribution < 1.29 is 4.79 Å². The zero-order valence-electron chi connectivity index (χ0n) is 10.4. The van der Waals surface area contributed by atoms with Crippen molar-refractivity contribution in [2.75, 3.05) is 11.1 Å². The minimum absolute atomic E-state index is 0.308. The summed E-state index contributed by atoms with van der Waals surface area (Å²) in [4.78, 5) is 16.5. The van der Waals surface area contributed by atoms with Crippen LogP contribution in [0.3, 0.4) is 0 Å². The Labute approximate surface area is 123 Å². The number of benzene rings is 1. The molecule has 102 valence electrons. The van der Waals surface area contributed by atoms with Gasteiger partial charge in [-0.1, -0.05) is 22.9 Å². The van der Waals surface area contributed by atoms with Crippen LogP contribution in [-0.2, 0) is 7.05 Å². The van der Waals surface area contributed by atoms with E-state index in [1.165, 1.54) is 22.2 Å². The first-order valence-electron chi connectivity index (χ1n) is 5.69. The van der Waals surface area contributed by atoms with Gasteiger partial charge in [-0.25, -0.2) is 4.98 Å². The molecular formula is C12H10ClN5OS. The molecule has 3 N–H and O–H groups in total. The van der Waals surface area contributed by atoms with Gasteiger partial charge in [-0.3, -0.25) is 14.8 Å². The number of nitrogen functional groups attached to an aromatic ring is 1. The predicted molar refractivity (Wildman–Crippen MR) is 80.2 cm³/mol. The standard InChI is InChI=1S/C12H10ClN5OS/c1-18-10(7(14)5-15-18)11(19)17-12-16-8-3-2-6(13)4-9(8)20-12/h2-5H,14H2,1H3,(H,16,17,19). The second kappa shape index (κ2) is 4.77. The van der Waals surface area contributed by atoms with E-state index >= 15 is 0 Å². The Morgan fingerprint density at radius 3 is 3.00 bits per heavy atom. The summed E-state index contributed by atoms with van der Waals surface area (Å²) < 4.78 is 2.33. The smallest absolute Gasteiger partial charge is 0.277 e. The second-order valence-electron chi connectivity index (χ2n) is 4.16. The Morgan fingerprint density at radius 2 is 2.30 bits per heavy atom. The van der Waals surface area contributed by atoms with Crippen molar-refractivity contribution >= 4 is 49.9 Å². The summed E-state index contributed by atoms with van der Waals surface area (Å²) in [5, 5.41) is 7.78. The molecule has 0 fully saturated rings. The normalized spacial score (nSPS) is 10.9. The molecule has 1 aromatic carbocycles. The van der Waals surface area contributed by atoms with Crippen molar-refractivity contribution in [3.63, 3.8) is 0 Å². The SMILES string of the molecule is Cn1ncc(N)c1C(=O)Nc1nc2ccc(Cl)cc2s1. The molecular weight excluding hydrogens is 298 g/mol. The number of nitrogens with two attached hydrogens (primary N) is 1. The van der Waals surface area contributed by atoms with Crippen LogP contribution in [0.15, 0.2) is 24.4 Å². The lowest BCUT2D eigenvalue weighted by atomic mass is 10.3. The number of hydrogen-bond donors (Lipinski definition) is 2. The Balaban J connectivity index is 1.91. The highest BCUT2D eigenvalue weighted by Crippen LogP contribution is 2.28. The summed E-state index contributed by atoms with van der Waals surface area (Å²) in [5.41, 5.74) is 7.13.